The normalized spacial score (nSPS) is 10.1. The summed E-state index contributed by atoms with van der Waals surface area (Å²) in [5.41, 5.74) is 8.15. The Bertz CT molecular complexity index is 522. The first kappa shape index (κ1) is 15.4. The van der Waals surface area contributed by atoms with Gasteiger partial charge in [-0.05, 0) is 31.4 Å². The Morgan fingerprint density at radius 3 is 2.79 bits per heavy atom. The number of amides is 1. The molecule has 3 N–H and O–H groups in total. The molecule has 0 saturated heterocycles. The Labute approximate surface area is 117 Å². The predicted octanol–water partition coefficient (Wildman–Crippen LogP) is 1.23. The van der Waals surface area contributed by atoms with E-state index >= 15 is 0 Å². The van der Waals surface area contributed by atoms with Gasteiger partial charge in [-0.1, -0.05) is 11.6 Å². The zero-order valence-electron chi connectivity index (χ0n) is 11.1. The Morgan fingerprint density at radius 1 is 1.53 bits per heavy atom. The molecule has 0 spiro atoms. The van der Waals surface area contributed by atoms with Crippen LogP contribution >= 0.6 is 11.6 Å². The average molecular weight is 281 g/mol. The lowest BCUT2D eigenvalue weighted by molar-refractivity contribution is -0.120. The van der Waals surface area contributed by atoms with E-state index in [4.69, 9.17) is 22.6 Å². The van der Waals surface area contributed by atoms with Gasteiger partial charge in [0.1, 0.15) is 11.2 Å². The number of halogens is 1. The van der Waals surface area contributed by atoms with Gasteiger partial charge in [-0.2, -0.15) is 5.26 Å². The summed E-state index contributed by atoms with van der Waals surface area (Å²) >= 11 is 5.91. The van der Waals surface area contributed by atoms with E-state index in [2.05, 4.69) is 10.3 Å². The van der Waals surface area contributed by atoms with E-state index in [9.17, 15) is 4.79 Å². The zero-order chi connectivity index (χ0) is 14.4. The molecule has 102 valence electrons. The van der Waals surface area contributed by atoms with Crippen molar-refractivity contribution < 1.29 is 4.79 Å². The summed E-state index contributed by atoms with van der Waals surface area (Å²) in [6, 6.07) is 2.04. The lowest BCUT2D eigenvalue weighted by Crippen LogP contribution is -2.29. The molecule has 0 aliphatic heterocycles. The molecule has 1 aromatic heterocycles. The van der Waals surface area contributed by atoms with Crippen molar-refractivity contribution in [3.63, 3.8) is 0 Å². The highest BCUT2D eigenvalue weighted by Crippen LogP contribution is 2.23. The van der Waals surface area contributed by atoms with Crippen molar-refractivity contribution >= 4 is 17.5 Å². The van der Waals surface area contributed by atoms with Crippen LogP contribution in [0.1, 0.15) is 28.8 Å². The van der Waals surface area contributed by atoms with Gasteiger partial charge in [-0.15, -0.1) is 0 Å². The second-order valence-corrected chi connectivity index (χ2v) is 4.58. The Kier molecular flexibility index (Phi) is 5.74. The Morgan fingerprint density at radius 2 is 2.21 bits per heavy atom. The summed E-state index contributed by atoms with van der Waals surface area (Å²) in [6.07, 6.45) is 0.878. The number of rotatable bonds is 5. The van der Waals surface area contributed by atoms with Crippen LogP contribution in [0.5, 0.6) is 0 Å². The third-order valence-corrected chi connectivity index (χ3v) is 3.19. The maximum atomic E-state index is 11.5. The Balaban J connectivity index is 2.85. The molecule has 1 heterocycles. The fraction of sp³-hybridized carbons (Fsp3) is 0.462. The van der Waals surface area contributed by atoms with Crippen LogP contribution in [0.2, 0.25) is 5.15 Å². The van der Waals surface area contributed by atoms with Crippen molar-refractivity contribution in [3.8, 4) is 6.07 Å². The molecule has 0 aliphatic carbocycles. The first-order valence-corrected chi connectivity index (χ1v) is 6.41. The minimum Gasteiger partial charge on any atom is -0.355 e. The number of aromatic nitrogens is 1. The Hall–Kier alpha value is -1.64. The van der Waals surface area contributed by atoms with Gasteiger partial charge in [0.2, 0.25) is 5.91 Å². The first-order valence-electron chi connectivity index (χ1n) is 6.03. The van der Waals surface area contributed by atoms with Gasteiger partial charge in [0.05, 0.1) is 5.56 Å². The largest absolute Gasteiger partial charge is 0.355 e. The fourth-order valence-corrected chi connectivity index (χ4v) is 2.20. The van der Waals surface area contributed by atoms with Crippen LogP contribution in [0.4, 0.5) is 0 Å². The number of nitrogens with zero attached hydrogens (tertiary/aromatic N) is 2. The molecule has 0 atom stereocenters. The molecule has 19 heavy (non-hydrogen) atoms. The number of carbonyl (C=O) groups is 1. The predicted molar refractivity (Wildman–Crippen MR) is 73.8 cm³/mol. The molecular formula is C13H17ClN4O. The number of hydrogen-bond acceptors (Lipinski definition) is 4. The lowest BCUT2D eigenvalue weighted by Gasteiger charge is -2.11. The topological polar surface area (TPSA) is 91.8 Å². The van der Waals surface area contributed by atoms with Gasteiger partial charge < -0.3 is 11.1 Å². The smallest absolute Gasteiger partial charge is 0.220 e. The first-order chi connectivity index (χ1) is 9.01. The van der Waals surface area contributed by atoms with Crippen molar-refractivity contribution in [2.75, 3.05) is 13.1 Å². The molecule has 0 fully saturated rings. The summed E-state index contributed by atoms with van der Waals surface area (Å²) in [6.45, 7) is 4.55. The van der Waals surface area contributed by atoms with Crippen LogP contribution < -0.4 is 11.1 Å². The number of aryl methyl sites for hydroxylation is 1. The van der Waals surface area contributed by atoms with Crippen molar-refractivity contribution in [2.45, 2.75) is 26.7 Å². The van der Waals surface area contributed by atoms with E-state index in [1.165, 1.54) is 0 Å². The molecule has 6 heteroatoms. The van der Waals surface area contributed by atoms with Gasteiger partial charge in [0.25, 0.3) is 0 Å². The zero-order valence-corrected chi connectivity index (χ0v) is 11.8. The highest BCUT2D eigenvalue weighted by atomic mass is 35.5. The van der Waals surface area contributed by atoms with Crippen molar-refractivity contribution in [1.82, 2.24) is 10.3 Å². The quantitative estimate of drug-likeness (QED) is 0.794. The molecule has 0 bridgehead atoms. The summed E-state index contributed by atoms with van der Waals surface area (Å²) in [7, 11) is 0. The summed E-state index contributed by atoms with van der Waals surface area (Å²) in [5, 5.41) is 12.0. The third kappa shape index (κ3) is 3.91. The molecule has 5 nitrogen and oxygen atoms in total. The highest BCUT2D eigenvalue weighted by Gasteiger charge is 2.14. The number of nitrogens with one attached hydrogen (secondary N) is 1. The van der Waals surface area contributed by atoms with E-state index in [1.54, 1.807) is 0 Å². The molecule has 0 unspecified atom stereocenters. The van der Waals surface area contributed by atoms with Crippen molar-refractivity contribution in [2.24, 2.45) is 5.73 Å². The number of hydrogen-bond donors (Lipinski definition) is 2. The average Bonchev–Trinajstić information content (AvgIpc) is 2.36. The molecular weight excluding hydrogens is 264 g/mol. The standard InChI is InChI=1S/C13H17ClN4O/c1-8-10(3-4-12(19)17-6-5-15)9(2)18-13(14)11(8)7-16/h3-6,15H2,1-2H3,(H,17,19). The monoisotopic (exact) mass is 280 g/mol. The lowest BCUT2D eigenvalue weighted by atomic mass is 9.99. The van der Waals surface area contributed by atoms with Crippen molar-refractivity contribution in [3.05, 3.63) is 27.5 Å². The fourth-order valence-electron chi connectivity index (χ4n) is 1.88. The van der Waals surface area contributed by atoms with Crippen molar-refractivity contribution in [1.29, 1.82) is 5.26 Å². The number of carbonyl (C=O) groups excluding carboxylic acids is 1. The molecule has 1 amide bonds. The van der Waals surface area contributed by atoms with E-state index in [0.29, 0.717) is 31.5 Å². The van der Waals surface area contributed by atoms with Crippen LogP contribution in [0.15, 0.2) is 0 Å². The molecule has 0 aliphatic rings. The highest BCUT2D eigenvalue weighted by molar-refractivity contribution is 6.30. The summed E-state index contributed by atoms with van der Waals surface area (Å²) < 4.78 is 0. The van der Waals surface area contributed by atoms with E-state index in [-0.39, 0.29) is 11.1 Å². The van der Waals surface area contributed by atoms with E-state index in [1.807, 2.05) is 19.9 Å². The summed E-state index contributed by atoms with van der Waals surface area (Å²) in [4.78, 5) is 15.7. The van der Waals surface area contributed by atoms with E-state index in [0.717, 1.165) is 16.8 Å². The second kappa shape index (κ2) is 7.07. The van der Waals surface area contributed by atoms with Crippen LogP contribution in [-0.2, 0) is 11.2 Å². The van der Waals surface area contributed by atoms with Gasteiger partial charge >= 0.3 is 0 Å². The number of nitrogens with two attached hydrogens (primary N) is 1. The van der Waals surface area contributed by atoms with Gasteiger partial charge in [-0.25, -0.2) is 4.98 Å². The van der Waals surface area contributed by atoms with Crippen LogP contribution in [0.25, 0.3) is 0 Å². The van der Waals surface area contributed by atoms with Crippen LogP contribution in [0.3, 0.4) is 0 Å². The number of pyridine rings is 1. The summed E-state index contributed by atoms with van der Waals surface area (Å²) in [5.74, 6) is -0.0577. The van der Waals surface area contributed by atoms with Crippen LogP contribution in [0, 0.1) is 25.2 Å². The molecule has 0 saturated carbocycles. The number of nitriles is 1. The maximum absolute atomic E-state index is 11.5. The van der Waals surface area contributed by atoms with Gasteiger partial charge in [-0.3, -0.25) is 4.79 Å². The SMILES string of the molecule is Cc1nc(Cl)c(C#N)c(C)c1CCC(=O)NCCN. The third-order valence-electron chi connectivity index (χ3n) is 2.92. The molecule has 1 aromatic rings. The van der Waals surface area contributed by atoms with Gasteiger partial charge in [0, 0.05) is 25.2 Å². The van der Waals surface area contributed by atoms with Crippen LogP contribution in [-0.4, -0.2) is 24.0 Å². The molecule has 0 aromatic carbocycles. The second-order valence-electron chi connectivity index (χ2n) is 4.22. The van der Waals surface area contributed by atoms with Gasteiger partial charge in [0.15, 0.2) is 0 Å². The minimum atomic E-state index is -0.0577. The minimum absolute atomic E-state index is 0.0577. The molecule has 1 rings (SSSR count). The maximum Gasteiger partial charge on any atom is 0.220 e. The molecule has 0 radical (unpaired) electrons. The van der Waals surface area contributed by atoms with E-state index < -0.39 is 0 Å².